The molecule has 0 aliphatic heterocycles. The van der Waals surface area contributed by atoms with E-state index in [0.717, 1.165) is 0 Å². The molecule has 1 aromatic carbocycles. The Labute approximate surface area is 97.2 Å². The van der Waals surface area contributed by atoms with Crippen LogP contribution in [0.5, 0.6) is 5.75 Å². The second-order valence-corrected chi connectivity index (χ2v) is 3.71. The highest BCUT2D eigenvalue weighted by molar-refractivity contribution is 6.35. The Bertz CT molecular complexity index is 399. The Morgan fingerprint density at radius 2 is 2.12 bits per heavy atom. The number of Topliss-reactive ketones (excluding diaryl/α,β-unsaturated/α-hetero) is 1. The number of carbonyl (C=O) groups excluding carboxylic acids is 1. The maximum absolute atomic E-state index is 12.6. The molecule has 0 heterocycles. The number of carbonyl (C=O) groups is 1. The topological polar surface area (TPSA) is 26.3 Å². The fourth-order valence-corrected chi connectivity index (χ4v) is 1.40. The van der Waals surface area contributed by atoms with Crippen molar-refractivity contribution in [3.05, 3.63) is 29.3 Å². The predicted octanol–water partition coefficient (Wildman–Crippen LogP) is 3.41. The van der Waals surface area contributed by atoms with Gasteiger partial charge in [0.1, 0.15) is 5.75 Å². The fraction of sp³-hybridized carbons (Fsp3) is 0.364. The van der Waals surface area contributed by atoms with Crippen LogP contribution in [0.15, 0.2) is 18.2 Å². The number of hydrogen-bond acceptors (Lipinski definition) is 2. The van der Waals surface area contributed by atoms with Crippen molar-refractivity contribution in [2.24, 2.45) is 0 Å². The Morgan fingerprint density at radius 3 is 2.56 bits per heavy atom. The molecule has 0 saturated carbocycles. The summed E-state index contributed by atoms with van der Waals surface area (Å²) in [6, 6.07) is 4.28. The maximum Gasteiger partial charge on any atom is 0.384 e. The highest BCUT2D eigenvalue weighted by Gasteiger charge is 2.37. The van der Waals surface area contributed by atoms with Crippen LogP contribution in [0.3, 0.4) is 0 Å². The molecule has 0 aliphatic carbocycles. The van der Waals surface area contributed by atoms with E-state index >= 15 is 0 Å². The van der Waals surface area contributed by atoms with Crippen LogP contribution < -0.4 is 4.74 Å². The van der Waals surface area contributed by atoms with Gasteiger partial charge in [-0.3, -0.25) is 4.79 Å². The lowest BCUT2D eigenvalue weighted by Crippen LogP contribution is -2.22. The normalized spacial score (nSPS) is 11.3. The van der Waals surface area contributed by atoms with E-state index in [0.29, 0.717) is 17.9 Å². The van der Waals surface area contributed by atoms with Gasteiger partial charge < -0.3 is 4.74 Å². The van der Waals surface area contributed by atoms with Crippen molar-refractivity contribution >= 4 is 17.4 Å². The average Bonchev–Trinajstić information content (AvgIpc) is 2.16. The third kappa shape index (κ3) is 2.92. The van der Waals surface area contributed by atoms with E-state index in [2.05, 4.69) is 11.6 Å². The molecule has 0 bridgehead atoms. The average molecular weight is 249 g/mol. The first-order chi connectivity index (χ1) is 7.36. The fourth-order valence-electron chi connectivity index (χ4n) is 1.30. The van der Waals surface area contributed by atoms with Crippen LogP contribution in [0, 0.1) is 6.92 Å². The summed E-state index contributed by atoms with van der Waals surface area (Å²) in [6.07, 6.45) is 0. The van der Waals surface area contributed by atoms with Crippen molar-refractivity contribution < 1.29 is 18.3 Å². The summed E-state index contributed by atoms with van der Waals surface area (Å²) in [7, 11) is 0. The Kier molecular flexibility index (Phi) is 3.86. The summed E-state index contributed by atoms with van der Waals surface area (Å²) in [5.74, 6) is -0.857. The lowest BCUT2D eigenvalue weighted by atomic mass is 10.0. The predicted molar refractivity (Wildman–Crippen MR) is 57.5 cm³/mol. The third-order valence-corrected chi connectivity index (χ3v) is 2.18. The number of rotatable bonds is 4. The Balaban J connectivity index is 3.04. The molecule has 1 rings (SSSR count). The molecule has 16 heavy (non-hydrogen) atoms. The molecule has 1 aromatic rings. The molecule has 0 aromatic heterocycles. The smallest absolute Gasteiger partial charge is 0.384 e. The van der Waals surface area contributed by atoms with E-state index in [9.17, 15) is 13.6 Å². The first-order valence-corrected chi connectivity index (χ1v) is 5.09. The molecule has 0 atom stereocenters. The minimum Gasteiger partial charge on any atom is -0.494 e. The van der Waals surface area contributed by atoms with Gasteiger partial charge in [-0.15, -0.1) is 0 Å². The standard InChI is InChI=1S/C11H11ClF2O2/c1-3-16-8-4-5-9(7(2)6-8)10(15)11(12,13)14/h4-6H,3H2,1-2H3. The molecule has 5 heteroatoms. The number of benzene rings is 1. The van der Waals surface area contributed by atoms with Gasteiger partial charge in [0.05, 0.1) is 6.61 Å². The number of ketones is 1. The molecule has 0 unspecified atom stereocenters. The molecule has 0 aliphatic rings. The first kappa shape index (κ1) is 12.9. The lowest BCUT2D eigenvalue weighted by molar-refractivity contribution is 0.0535. The van der Waals surface area contributed by atoms with Crippen LogP contribution in [0.1, 0.15) is 22.8 Å². The highest BCUT2D eigenvalue weighted by atomic mass is 35.5. The van der Waals surface area contributed by atoms with Gasteiger partial charge in [-0.1, -0.05) is 0 Å². The van der Waals surface area contributed by atoms with Crippen LogP contribution >= 0.6 is 11.6 Å². The summed E-state index contributed by atoms with van der Waals surface area (Å²) in [5.41, 5.74) is 0.319. The van der Waals surface area contributed by atoms with Gasteiger partial charge >= 0.3 is 5.38 Å². The van der Waals surface area contributed by atoms with E-state index in [1.165, 1.54) is 18.2 Å². The summed E-state index contributed by atoms with van der Waals surface area (Å²) < 4.78 is 30.4. The van der Waals surface area contributed by atoms with Gasteiger partial charge in [0.15, 0.2) is 0 Å². The van der Waals surface area contributed by atoms with Crippen molar-refractivity contribution in [1.82, 2.24) is 0 Å². The van der Waals surface area contributed by atoms with E-state index in [1.807, 2.05) is 0 Å². The number of hydrogen-bond donors (Lipinski definition) is 0. The zero-order chi connectivity index (χ0) is 12.3. The van der Waals surface area contributed by atoms with E-state index in [1.54, 1.807) is 13.8 Å². The summed E-state index contributed by atoms with van der Waals surface area (Å²) in [6.45, 7) is 3.83. The lowest BCUT2D eigenvalue weighted by Gasteiger charge is -2.10. The molecule has 2 nitrogen and oxygen atoms in total. The van der Waals surface area contributed by atoms with Crippen molar-refractivity contribution in [2.75, 3.05) is 6.61 Å². The molecular formula is C11H11ClF2O2. The van der Waals surface area contributed by atoms with Crippen molar-refractivity contribution in [1.29, 1.82) is 0 Å². The van der Waals surface area contributed by atoms with Crippen molar-refractivity contribution in [2.45, 2.75) is 19.2 Å². The summed E-state index contributed by atoms with van der Waals surface area (Å²) in [4.78, 5) is 11.2. The van der Waals surface area contributed by atoms with Crippen LogP contribution in [0.2, 0.25) is 0 Å². The van der Waals surface area contributed by atoms with Crippen LogP contribution in [0.25, 0.3) is 0 Å². The highest BCUT2D eigenvalue weighted by Crippen LogP contribution is 2.27. The van der Waals surface area contributed by atoms with E-state index in [-0.39, 0.29) is 5.56 Å². The van der Waals surface area contributed by atoms with Crippen LogP contribution in [-0.4, -0.2) is 17.8 Å². The van der Waals surface area contributed by atoms with Crippen molar-refractivity contribution in [3.8, 4) is 5.75 Å². The number of aryl methyl sites for hydroxylation is 1. The number of halogens is 3. The Morgan fingerprint density at radius 1 is 1.50 bits per heavy atom. The first-order valence-electron chi connectivity index (χ1n) is 4.71. The molecule has 0 radical (unpaired) electrons. The molecule has 0 saturated heterocycles. The summed E-state index contributed by atoms with van der Waals surface area (Å²) >= 11 is 4.68. The van der Waals surface area contributed by atoms with Crippen LogP contribution in [0.4, 0.5) is 8.78 Å². The quantitative estimate of drug-likeness (QED) is 0.603. The number of alkyl halides is 3. The van der Waals surface area contributed by atoms with Gasteiger partial charge in [0.25, 0.3) is 0 Å². The van der Waals surface area contributed by atoms with Gasteiger partial charge in [-0.2, -0.15) is 8.78 Å². The van der Waals surface area contributed by atoms with E-state index < -0.39 is 11.2 Å². The van der Waals surface area contributed by atoms with Gasteiger partial charge in [-0.05, 0) is 49.2 Å². The minimum absolute atomic E-state index is 0.0940. The second kappa shape index (κ2) is 4.78. The van der Waals surface area contributed by atoms with Gasteiger partial charge in [-0.25, -0.2) is 0 Å². The van der Waals surface area contributed by atoms with Crippen molar-refractivity contribution in [3.63, 3.8) is 0 Å². The molecule has 88 valence electrons. The monoisotopic (exact) mass is 248 g/mol. The van der Waals surface area contributed by atoms with Gasteiger partial charge in [0.2, 0.25) is 5.78 Å². The van der Waals surface area contributed by atoms with E-state index in [4.69, 9.17) is 4.74 Å². The maximum atomic E-state index is 12.6. The molecule has 0 amide bonds. The molecular weight excluding hydrogens is 238 g/mol. The zero-order valence-electron chi connectivity index (χ0n) is 8.89. The summed E-state index contributed by atoms with van der Waals surface area (Å²) in [5, 5.41) is -3.86. The largest absolute Gasteiger partial charge is 0.494 e. The SMILES string of the molecule is CCOc1ccc(C(=O)C(F)(F)Cl)c(C)c1. The Hall–Kier alpha value is -1.16. The van der Waals surface area contributed by atoms with Crippen LogP contribution in [-0.2, 0) is 0 Å². The number of ether oxygens (including phenoxy) is 1. The molecule has 0 spiro atoms. The third-order valence-electron chi connectivity index (χ3n) is 2.01. The minimum atomic E-state index is -3.86. The second-order valence-electron chi connectivity index (χ2n) is 3.24. The van der Waals surface area contributed by atoms with Gasteiger partial charge in [0, 0.05) is 5.56 Å². The zero-order valence-corrected chi connectivity index (χ0v) is 9.65. The molecule has 0 fully saturated rings. The molecule has 0 N–H and O–H groups in total.